The molecule has 27 heavy (non-hydrogen) atoms. The molecule has 0 radical (unpaired) electrons. The molecule has 2 aromatic rings. The predicted octanol–water partition coefficient (Wildman–Crippen LogP) is 6.46. The first kappa shape index (κ1) is 19.2. The van der Waals surface area contributed by atoms with Crippen molar-refractivity contribution in [2.45, 2.75) is 51.9 Å². The molecule has 0 aromatic heterocycles. The Balaban J connectivity index is 1.68. The summed E-state index contributed by atoms with van der Waals surface area (Å²) in [5, 5.41) is 9.00. The van der Waals surface area contributed by atoms with Crippen molar-refractivity contribution in [1.29, 1.82) is 5.26 Å². The fourth-order valence-electron chi connectivity index (χ4n) is 4.51. The lowest BCUT2D eigenvalue weighted by molar-refractivity contribution is 0.379. The van der Waals surface area contributed by atoms with Crippen LogP contribution in [0, 0.1) is 30.1 Å². The molecular formula is C25H30N2. The molecule has 3 rings (SSSR count). The van der Waals surface area contributed by atoms with Crippen LogP contribution in [0.15, 0.2) is 49.0 Å². The molecular weight excluding hydrogens is 328 g/mol. The van der Waals surface area contributed by atoms with E-state index in [1.807, 2.05) is 18.2 Å². The number of hydrogen-bond acceptors (Lipinski definition) is 2. The second-order valence-electron chi connectivity index (χ2n) is 8.09. The zero-order chi connectivity index (χ0) is 19.4. The van der Waals surface area contributed by atoms with E-state index in [2.05, 4.69) is 50.8 Å². The van der Waals surface area contributed by atoms with Crippen LogP contribution < -0.4 is 5.73 Å². The van der Waals surface area contributed by atoms with Crippen molar-refractivity contribution < 1.29 is 0 Å². The van der Waals surface area contributed by atoms with Gasteiger partial charge >= 0.3 is 0 Å². The Kier molecular flexibility index (Phi) is 6.01. The lowest BCUT2D eigenvalue weighted by Crippen LogP contribution is -2.13. The highest BCUT2D eigenvalue weighted by Gasteiger charge is 2.26. The first-order valence-electron chi connectivity index (χ1n) is 10.0. The third kappa shape index (κ3) is 4.42. The summed E-state index contributed by atoms with van der Waals surface area (Å²) < 4.78 is 0. The van der Waals surface area contributed by atoms with Gasteiger partial charge in [-0.25, -0.2) is 0 Å². The van der Waals surface area contributed by atoms with Crippen LogP contribution in [0.4, 0.5) is 5.69 Å². The molecule has 2 nitrogen and oxygen atoms in total. The number of allylic oxidation sites excluding steroid dienone is 1. The van der Waals surface area contributed by atoms with Crippen LogP contribution in [0.25, 0.3) is 5.57 Å². The first-order chi connectivity index (χ1) is 13.0. The van der Waals surface area contributed by atoms with Gasteiger partial charge in [-0.2, -0.15) is 5.26 Å². The Hall–Kier alpha value is -2.53. The highest BCUT2D eigenvalue weighted by molar-refractivity contribution is 5.70. The topological polar surface area (TPSA) is 49.8 Å². The highest BCUT2D eigenvalue weighted by atomic mass is 14.5. The molecule has 3 unspecified atom stereocenters. The summed E-state index contributed by atoms with van der Waals surface area (Å²) in [6.45, 7) is 8.91. The Morgan fingerprint density at radius 3 is 2.56 bits per heavy atom. The third-order valence-electron chi connectivity index (χ3n) is 6.39. The summed E-state index contributed by atoms with van der Waals surface area (Å²) in [7, 11) is 0. The SMILES string of the molecule is C=C(c1cc(N)ccc1C)C(C)C1CCCC(c2ccc(C#N)cc2)CC1. The average Bonchev–Trinajstić information content (AvgIpc) is 2.95. The van der Waals surface area contributed by atoms with Crippen LogP contribution in [0.5, 0.6) is 0 Å². The minimum atomic E-state index is 0.463. The quantitative estimate of drug-likeness (QED) is 0.503. The lowest BCUT2D eigenvalue weighted by atomic mass is 9.79. The van der Waals surface area contributed by atoms with Gasteiger partial charge in [-0.3, -0.25) is 0 Å². The number of nitrogens with two attached hydrogens (primary N) is 1. The molecule has 2 heteroatoms. The summed E-state index contributed by atoms with van der Waals surface area (Å²) >= 11 is 0. The molecule has 140 valence electrons. The van der Waals surface area contributed by atoms with Crippen molar-refractivity contribution in [2.75, 3.05) is 5.73 Å². The van der Waals surface area contributed by atoms with Gasteiger partial charge in [0.25, 0.3) is 0 Å². The van der Waals surface area contributed by atoms with Crippen LogP contribution in [-0.4, -0.2) is 0 Å². The summed E-state index contributed by atoms with van der Waals surface area (Å²) in [6, 6.07) is 16.5. The molecule has 1 fully saturated rings. The Morgan fingerprint density at radius 2 is 1.85 bits per heavy atom. The number of nitrogens with zero attached hydrogens (tertiary/aromatic N) is 1. The van der Waals surface area contributed by atoms with Crippen LogP contribution in [0.1, 0.15) is 67.2 Å². The van der Waals surface area contributed by atoms with Gasteiger partial charge in [0.15, 0.2) is 0 Å². The standard InChI is InChI=1S/C25H30N2/c1-17-7-14-24(27)15-25(17)19(3)18(2)21-5-4-6-22(13-12-21)23-10-8-20(16-26)9-11-23/h7-11,14-15,18,21-22H,3-6,12-13,27H2,1-2H3. The van der Waals surface area contributed by atoms with E-state index in [0.29, 0.717) is 17.8 Å². The van der Waals surface area contributed by atoms with Crippen LogP contribution in [0.2, 0.25) is 0 Å². The van der Waals surface area contributed by atoms with E-state index < -0.39 is 0 Å². The average molecular weight is 359 g/mol. The van der Waals surface area contributed by atoms with Crippen molar-refractivity contribution in [2.24, 2.45) is 11.8 Å². The maximum Gasteiger partial charge on any atom is 0.0991 e. The number of hydrogen-bond donors (Lipinski definition) is 1. The zero-order valence-corrected chi connectivity index (χ0v) is 16.5. The number of nitrogen functional groups attached to an aromatic ring is 1. The maximum atomic E-state index is 9.00. The van der Waals surface area contributed by atoms with Gasteiger partial charge < -0.3 is 5.73 Å². The van der Waals surface area contributed by atoms with E-state index >= 15 is 0 Å². The van der Waals surface area contributed by atoms with Gasteiger partial charge in [-0.15, -0.1) is 0 Å². The molecule has 3 atom stereocenters. The van der Waals surface area contributed by atoms with Crippen molar-refractivity contribution in [3.05, 3.63) is 71.3 Å². The fourth-order valence-corrected chi connectivity index (χ4v) is 4.51. The molecule has 0 heterocycles. The van der Waals surface area contributed by atoms with E-state index in [4.69, 9.17) is 11.0 Å². The molecule has 0 saturated heterocycles. The van der Waals surface area contributed by atoms with Crippen molar-refractivity contribution in [1.82, 2.24) is 0 Å². The van der Waals surface area contributed by atoms with Gasteiger partial charge in [-0.05, 0) is 96.9 Å². The van der Waals surface area contributed by atoms with Gasteiger partial charge in [0.05, 0.1) is 11.6 Å². The number of anilines is 1. The first-order valence-corrected chi connectivity index (χ1v) is 10.0. The maximum absolute atomic E-state index is 9.00. The number of rotatable bonds is 4. The van der Waals surface area contributed by atoms with E-state index in [-0.39, 0.29) is 0 Å². The van der Waals surface area contributed by atoms with Gasteiger partial charge in [0, 0.05) is 5.69 Å². The minimum Gasteiger partial charge on any atom is -0.399 e. The normalized spacial score (nSPS) is 21.1. The molecule has 1 aliphatic rings. The monoisotopic (exact) mass is 358 g/mol. The molecule has 0 spiro atoms. The Bertz CT molecular complexity index is 842. The second kappa shape index (κ2) is 8.44. The van der Waals surface area contributed by atoms with E-state index in [9.17, 15) is 0 Å². The molecule has 0 amide bonds. The smallest absolute Gasteiger partial charge is 0.0991 e. The van der Waals surface area contributed by atoms with E-state index in [1.165, 1.54) is 54.4 Å². The molecule has 1 aliphatic carbocycles. The third-order valence-corrected chi connectivity index (χ3v) is 6.39. The molecule has 0 bridgehead atoms. The van der Waals surface area contributed by atoms with Crippen LogP contribution >= 0.6 is 0 Å². The van der Waals surface area contributed by atoms with Gasteiger partial charge in [-0.1, -0.05) is 38.1 Å². The summed E-state index contributed by atoms with van der Waals surface area (Å²) in [5.74, 6) is 1.74. The molecule has 2 N–H and O–H groups in total. The Morgan fingerprint density at radius 1 is 1.11 bits per heavy atom. The van der Waals surface area contributed by atoms with Crippen molar-refractivity contribution in [3.63, 3.8) is 0 Å². The minimum absolute atomic E-state index is 0.463. The lowest BCUT2D eigenvalue weighted by Gasteiger charge is -2.26. The summed E-state index contributed by atoms with van der Waals surface area (Å²) in [5.41, 5.74) is 12.6. The largest absolute Gasteiger partial charge is 0.399 e. The van der Waals surface area contributed by atoms with Crippen molar-refractivity contribution in [3.8, 4) is 6.07 Å². The van der Waals surface area contributed by atoms with Crippen molar-refractivity contribution >= 4 is 11.3 Å². The van der Waals surface area contributed by atoms with Gasteiger partial charge in [0.2, 0.25) is 0 Å². The van der Waals surface area contributed by atoms with E-state index in [0.717, 1.165) is 11.3 Å². The van der Waals surface area contributed by atoms with E-state index in [1.54, 1.807) is 0 Å². The fraction of sp³-hybridized carbons (Fsp3) is 0.400. The van der Waals surface area contributed by atoms with Crippen LogP contribution in [0.3, 0.4) is 0 Å². The second-order valence-corrected chi connectivity index (χ2v) is 8.09. The number of aryl methyl sites for hydroxylation is 1. The zero-order valence-electron chi connectivity index (χ0n) is 16.5. The Labute approximate surface area is 163 Å². The van der Waals surface area contributed by atoms with Crippen LogP contribution in [-0.2, 0) is 0 Å². The van der Waals surface area contributed by atoms with Gasteiger partial charge in [0.1, 0.15) is 0 Å². The molecule has 0 aliphatic heterocycles. The summed E-state index contributed by atoms with van der Waals surface area (Å²) in [4.78, 5) is 0. The number of benzene rings is 2. The highest BCUT2D eigenvalue weighted by Crippen LogP contribution is 2.41. The number of nitriles is 1. The molecule has 1 saturated carbocycles. The molecule has 2 aromatic carbocycles. The summed E-state index contributed by atoms with van der Waals surface area (Å²) in [6.07, 6.45) is 6.19. The predicted molar refractivity (Wildman–Crippen MR) is 114 cm³/mol.